The molecule has 1 aliphatic rings. The molecule has 92 valence electrons. The highest BCUT2D eigenvalue weighted by atomic mass is 16.2. The summed E-state index contributed by atoms with van der Waals surface area (Å²) in [6.45, 7) is 8.59. The predicted molar refractivity (Wildman–Crippen MR) is 70.1 cm³/mol. The smallest absolute Gasteiger partial charge is 0.221 e. The van der Waals surface area contributed by atoms with Crippen molar-refractivity contribution in [3.63, 3.8) is 0 Å². The normalized spacial score (nSPS) is 28.2. The Morgan fingerprint density at radius 2 is 2.12 bits per heavy atom. The maximum atomic E-state index is 11.7. The number of carbonyl (C=O) groups is 1. The lowest BCUT2D eigenvalue weighted by atomic mass is 9.73. The second-order valence-corrected chi connectivity index (χ2v) is 5.44. The first-order valence-corrected chi connectivity index (χ1v) is 6.34. The standard InChI is InChI=1S/C15H21NO/c1-5-13-15(4,9-14(17)16-13)12-8-10(2)6-7-11(12)3/h6-8,13H,5,9H2,1-4H3,(H,16,17). The second-order valence-electron chi connectivity index (χ2n) is 5.44. The summed E-state index contributed by atoms with van der Waals surface area (Å²) in [6.07, 6.45) is 1.59. The molecule has 1 N–H and O–H groups in total. The van der Waals surface area contributed by atoms with Gasteiger partial charge in [0.25, 0.3) is 0 Å². The summed E-state index contributed by atoms with van der Waals surface area (Å²) in [4.78, 5) is 11.7. The van der Waals surface area contributed by atoms with E-state index in [0.29, 0.717) is 6.42 Å². The molecule has 0 aromatic heterocycles. The molecule has 0 aliphatic carbocycles. The molecule has 1 aromatic carbocycles. The summed E-state index contributed by atoms with van der Waals surface area (Å²) in [7, 11) is 0. The Hall–Kier alpha value is -1.31. The number of benzene rings is 1. The largest absolute Gasteiger partial charge is 0.352 e. The number of hydrogen-bond donors (Lipinski definition) is 1. The van der Waals surface area contributed by atoms with Gasteiger partial charge in [-0.15, -0.1) is 0 Å². The van der Waals surface area contributed by atoms with Crippen molar-refractivity contribution in [1.29, 1.82) is 0 Å². The van der Waals surface area contributed by atoms with Gasteiger partial charge in [-0.05, 0) is 31.4 Å². The summed E-state index contributed by atoms with van der Waals surface area (Å²) in [6, 6.07) is 6.78. The van der Waals surface area contributed by atoms with Gasteiger partial charge in [0, 0.05) is 17.9 Å². The summed E-state index contributed by atoms with van der Waals surface area (Å²) in [5.41, 5.74) is 3.82. The average Bonchev–Trinajstić information content (AvgIpc) is 2.58. The molecule has 2 unspecified atom stereocenters. The molecule has 1 saturated heterocycles. The lowest BCUT2D eigenvalue weighted by Crippen LogP contribution is -2.38. The topological polar surface area (TPSA) is 29.1 Å². The first kappa shape index (κ1) is 12.2. The fraction of sp³-hybridized carbons (Fsp3) is 0.533. The number of hydrogen-bond acceptors (Lipinski definition) is 1. The van der Waals surface area contributed by atoms with Crippen LogP contribution in [0.3, 0.4) is 0 Å². The Labute approximate surface area is 103 Å². The third-order valence-electron chi connectivity index (χ3n) is 4.05. The van der Waals surface area contributed by atoms with Gasteiger partial charge in [-0.25, -0.2) is 0 Å². The van der Waals surface area contributed by atoms with Crippen LogP contribution >= 0.6 is 0 Å². The van der Waals surface area contributed by atoms with Crippen LogP contribution in [0.25, 0.3) is 0 Å². The lowest BCUT2D eigenvalue weighted by molar-refractivity contribution is -0.119. The van der Waals surface area contributed by atoms with E-state index in [1.807, 2.05) is 0 Å². The van der Waals surface area contributed by atoms with Crippen LogP contribution in [-0.2, 0) is 10.2 Å². The van der Waals surface area contributed by atoms with E-state index in [9.17, 15) is 4.79 Å². The van der Waals surface area contributed by atoms with Gasteiger partial charge in [0.2, 0.25) is 5.91 Å². The van der Waals surface area contributed by atoms with E-state index >= 15 is 0 Å². The third-order valence-corrected chi connectivity index (χ3v) is 4.05. The van der Waals surface area contributed by atoms with Crippen LogP contribution in [0.2, 0.25) is 0 Å². The predicted octanol–water partition coefficient (Wildman–Crippen LogP) is 2.86. The molecule has 2 atom stereocenters. The van der Waals surface area contributed by atoms with Crippen LogP contribution in [0.1, 0.15) is 43.4 Å². The molecule has 0 bridgehead atoms. The zero-order valence-corrected chi connectivity index (χ0v) is 11.1. The van der Waals surface area contributed by atoms with Gasteiger partial charge >= 0.3 is 0 Å². The fourth-order valence-corrected chi connectivity index (χ4v) is 3.05. The van der Waals surface area contributed by atoms with Crippen molar-refractivity contribution in [2.75, 3.05) is 0 Å². The number of carbonyl (C=O) groups excluding carboxylic acids is 1. The van der Waals surface area contributed by atoms with Gasteiger partial charge in [-0.1, -0.05) is 37.6 Å². The van der Waals surface area contributed by atoms with Gasteiger partial charge in [0.15, 0.2) is 0 Å². The molecule has 2 rings (SSSR count). The monoisotopic (exact) mass is 231 g/mol. The number of aryl methyl sites for hydroxylation is 2. The van der Waals surface area contributed by atoms with Gasteiger partial charge in [0.05, 0.1) is 0 Å². The maximum absolute atomic E-state index is 11.7. The molecule has 1 fully saturated rings. The Morgan fingerprint density at radius 3 is 2.76 bits per heavy atom. The van der Waals surface area contributed by atoms with Crippen molar-refractivity contribution in [2.45, 2.75) is 52.0 Å². The minimum atomic E-state index is -0.0536. The SMILES string of the molecule is CCC1NC(=O)CC1(C)c1cc(C)ccc1C. The first-order valence-electron chi connectivity index (χ1n) is 6.34. The van der Waals surface area contributed by atoms with Crippen molar-refractivity contribution in [3.05, 3.63) is 34.9 Å². The quantitative estimate of drug-likeness (QED) is 0.833. The minimum absolute atomic E-state index is 0.0536. The van der Waals surface area contributed by atoms with Gasteiger partial charge < -0.3 is 5.32 Å². The zero-order valence-electron chi connectivity index (χ0n) is 11.1. The van der Waals surface area contributed by atoms with Crippen LogP contribution in [-0.4, -0.2) is 11.9 Å². The highest BCUT2D eigenvalue weighted by molar-refractivity contribution is 5.81. The summed E-state index contributed by atoms with van der Waals surface area (Å²) < 4.78 is 0. The molecule has 0 spiro atoms. The van der Waals surface area contributed by atoms with Crippen LogP contribution in [0.5, 0.6) is 0 Å². The maximum Gasteiger partial charge on any atom is 0.221 e. The van der Waals surface area contributed by atoms with Gasteiger partial charge in [-0.2, -0.15) is 0 Å². The molecular weight excluding hydrogens is 210 g/mol. The molecule has 1 amide bonds. The van der Waals surface area contributed by atoms with Crippen molar-refractivity contribution < 1.29 is 4.79 Å². The fourth-order valence-electron chi connectivity index (χ4n) is 3.05. The lowest BCUT2D eigenvalue weighted by Gasteiger charge is -2.31. The van der Waals surface area contributed by atoms with Crippen LogP contribution in [0.4, 0.5) is 0 Å². The minimum Gasteiger partial charge on any atom is -0.352 e. The van der Waals surface area contributed by atoms with Crippen LogP contribution < -0.4 is 5.32 Å². The highest BCUT2D eigenvalue weighted by Gasteiger charge is 2.43. The van der Waals surface area contributed by atoms with Crippen molar-refractivity contribution in [2.24, 2.45) is 0 Å². The Balaban J connectivity index is 2.50. The molecule has 0 radical (unpaired) electrons. The van der Waals surface area contributed by atoms with Gasteiger partial charge in [-0.3, -0.25) is 4.79 Å². The van der Waals surface area contributed by atoms with E-state index in [4.69, 9.17) is 0 Å². The molecule has 0 saturated carbocycles. The molecule has 1 heterocycles. The zero-order chi connectivity index (χ0) is 12.6. The Kier molecular flexibility index (Phi) is 2.98. The number of amides is 1. The van der Waals surface area contributed by atoms with E-state index < -0.39 is 0 Å². The second kappa shape index (κ2) is 4.17. The van der Waals surface area contributed by atoms with E-state index in [2.05, 4.69) is 51.2 Å². The molecule has 2 heteroatoms. The highest BCUT2D eigenvalue weighted by Crippen LogP contribution is 2.38. The van der Waals surface area contributed by atoms with Crippen molar-refractivity contribution in [1.82, 2.24) is 5.32 Å². The molecule has 1 aliphatic heterocycles. The molecular formula is C15H21NO. The molecule has 17 heavy (non-hydrogen) atoms. The average molecular weight is 231 g/mol. The van der Waals surface area contributed by atoms with Gasteiger partial charge in [0.1, 0.15) is 0 Å². The molecule has 2 nitrogen and oxygen atoms in total. The third kappa shape index (κ3) is 1.97. The van der Waals surface area contributed by atoms with E-state index in [-0.39, 0.29) is 17.4 Å². The molecule has 1 aromatic rings. The van der Waals surface area contributed by atoms with E-state index in [0.717, 1.165) is 6.42 Å². The van der Waals surface area contributed by atoms with Crippen molar-refractivity contribution >= 4 is 5.91 Å². The van der Waals surface area contributed by atoms with E-state index in [1.165, 1.54) is 16.7 Å². The summed E-state index contributed by atoms with van der Waals surface area (Å²) >= 11 is 0. The summed E-state index contributed by atoms with van der Waals surface area (Å²) in [5.74, 6) is 0.181. The number of nitrogens with one attached hydrogen (secondary N) is 1. The summed E-state index contributed by atoms with van der Waals surface area (Å²) in [5, 5.41) is 3.10. The Morgan fingerprint density at radius 1 is 1.41 bits per heavy atom. The number of rotatable bonds is 2. The van der Waals surface area contributed by atoms with Crippen LogP contribution in [0.15, 0.2) is 18.2 Å². The first-order chi connectivity index (χ1) is 7.97. The van der Waals surface area contributed by atoms with E-state index in [1.54, 1.807) is 0 Å². The van der Waals surface area contributed by atoms with Crippen LogP contribution in [0, 0.1) is 13.8 Å². The Bertz CT molecular complexity index is 452. The van der Waals surface area contributed by atoms with Crippen molar-refractivity contribution in [3.8, 4) is 0 Å².